The number of hydrogen-bond acceptors (Lipinski definition) is 3. The SMILES string of the molecule is [CH2]C1(Cc2cc(C(C)(C)C)c(O)c(C(C)(C)C)c2)C(C)=C(Cc2cc(C(C)(C)C)c(O)c(C(C)(C)C)c2)C(C)=C(Cc2cc(C(C)(C)C)c(O)c(C(C)(C)C)c2)C1C. The molecule has 1 aliphatic rings. The average Bonchev–Trinajstić information content (AvgIpc) is 3.03. The molecule has 0 bridgehead atoms. The number of aromatic hydroxyl groups is 3. The summed E-state index contributed by atoms with van der Waals surface area (Å²) in [4.78, 5) is 0. The van der Waals surface area contributed by atoms with Gasteiger partial charge in [0.05, 0.1) is 0 Å². The first-order valence-corrected chi connectivity index (χ1v) is 21.8. The van der Waals surface area contributed by atoms with Crippen molar-refractivity contribution in [1.29, 1.82) is 0 Å². The van der Waals surface area contributed by atoms with Gasteiger partial charge < -0.3 is 15.3 Å². The first-order chi connectivity index (χ1) is 25.9. The third-order valence-electron chi connectivity index (χ3n) is 13.1. The Morgan fingerprint density at radius 3 is 1.00 bits per heavy atom. The first-order valence-electron chi connectivity index (χ1n) is 21.8. The zero-order valence-electron chi connectivity index (χ0n) is 40.7. The van der Waals surface area contributed by atoms with Crippen molar-refractivity contribution < 1.29 is 15.3 Å². The van der Waals surface area contributed by atoms with Gasteiger partial charge in [-0.05, 0) is 140 Å². The second kappa shape index (κ2) is 15.2. The summed E-state index contributed by atoms with van der Waals surface area (Å²) in [7, 11) is 0. The second-order valence-electron chi connectivity index (χ2n) is 24.3. The molecular weight excluding hydrogens is 709 g/mol. The molecule has 0 amide bonds. The van der Waals surface area contributed by atoms with E-state index >= 15 is 0 Å². The van der Waals surface area contributed by atoms with Crippen molar-refractivity contribution in [3.8, 4) is 17.2 Å². The van der Waals surface area contributed by atoms with Crippen LogP contribution in [0.5, 0.6) is 17.2 Å². The summed E-state index contributed by atoms with van der Waals surface area (Å²) in [6.07, 6.45) is 2.20. The van der Waals surface area contributed by atoms with Crippen LogP contribution in [-0.2, 0) is 51.8 Å². The summed E-state index contributed by atoms with van der Waals surface area (Å²) in [5.74, 6) is 1.30. The van der Waals surface area contributed by atoms with Gasteiger partial charge in [0.2, 0.25) is 0 Å². The molecule has 1 aliphatic carbocycles. The average molecular weight is 790 g/mol. The molecule has 4 rings (SSSR count). The third kappa shape index (κ3) is 9.45. The summed E-state index contributed by atoms with van der Waals surface area (Å²) in [5.41, 5.74) is 12.8. The van der Waals surface area contributed by atoms with Crippen molar-refractivity contribution in [2.45, 2.75) is 197 Å². The molecule has 0 aromatic heterocycles. The van der Waals surface area contributed by atoms with E-state index in [0.717, 1.165) is 52.6 Å². The fourth-order valence-electron chi connectivity index (χ4n) is 9.20. The molecule has 3 N–H and O–H groups in total. The highest BCUT2D eigenvalue weighted by molar-refractivity contribution is 5.57. The van der Waals surface area contributed by atoms with Crippen molar-refractivity contribution in [2.75, 3.05) is 0 Å². The number of phenols is 3. The van der Waals surface area contributed by atoms with Crippen LogP contribution in [0.25, 0.3) is 0 Å². The fourth-order valence-corrected chi connectivity index (χ4v) is 9.20. The second-order valence-corrected chi connectivity index (χ2v) is 24.3. The molecule has 0 heterocycles. The quantitative estimate of drug-likeness (QED) is 0.233. The lowest BCUT2D eigenvalue weighted by Gasteiger charge is -2.45. The van der Waals surface area contributed by atoms with Crippen molar-refractivity contribution in [3.63, 3.8) is 0 Å². The molecule has 2 atom stereocenters. The normalized spacial score (nSPS) is 19.0. The number of rotatable bonds is 6. The van der Waals surface area contributed by atoms with E-state index in [1.165, 1.54) is 39.0 Å². The van der Waals surface area contributed by atoms with E-state index in [2.05, 4.69) is 182 Å². The van der Waals surface area contributed by atoms with E-state index in [1.807, 2.05) is 0 Å². The molecular formula is C55H81O3. The van der Waals surface area contributed by atoms with Crippen molar-refractivity contribution >= 4 is 0 Å². The largest absolute Gasteiger partial charge is 0.507 e. The summed E-state index contributed by atoms with van der Waals surface area (Å²) >= 11 is 0. The smallest absolute Gasteiger partial charge is 0.123 e. The topological polar surface area (TPSA) is 60.7 Å². The Kier molecular flexibility index (Phi) is 12.4. The van der Waals surface area contributed by atoms with Crippen LogP contribution in [0.1, 0.15) is 195 Å². The van der Waals surface area contributed by atoms with Gasteiger partial charge in [0.15, 0.2) is 0 Å². The van der Waals surface area contributed by atoms with Crippen LogP contribution in [0.3, 0.4) is 0 Å². The molecule has 3 aromatic rings. The first kappa shape index (κ1) is 47.2. The molecule has 0 saturated heterocycles. The lowest BCUT2D eigenvalue weighted by atomic mass is 9.59. The predicted octanol–water partition coefficient (Wildman–Crippen LogP) is 14.7. The van der Waals surface area contributed by atoms with E-state index in [-0.39, 0.29) is 38.4 Å². The van der Waals surface area contributed by atoms with Gasteiger partial charge in [-0.3, -0.25) is 0 Å². The summed E-state index contributed by atoms with van der Waals surface area (Å²) in [5, 5.41) is 35.0. The Balaban J connectivity index is 2.07. The van der Waals surface area contributed by atoms with E-state index in [4.69, 9.17) is 6.92 Å². The molecule has 319 valence electrons. The minimum Gasteiger partial charge on any atom is -0.507 e. The molecule has 0 fully saturated rings. The minimum atomic E-state index is -0.487. The van der Waals surface area contributed by atoms with Gasteiger partial charge in [-0.1, -0.05) is 179 Å². The predicted molar refractivity (Wildman–Crippen MR) is 250 cm³/mol. The summed E-state index contributed by atoms with van der Waals surface area (Å²) in [6, 6.07) is 13.4. The number of allylic oxidation sites excluding steroid dienone is 4. The molecule has 3 heteroatoms. The minimum absolute atomic E-state index is 0.0984. The van der Waals surface area contributed by atoms with Crippen molar-refractivity contribution in [3.05, 3.63) is 116 Å². The highest BCUT2D eigenvalue weighted by Crippen LogP contribution is 2.53. The van der Waals surface area contributed by atoms with Crippen LogP contribution in [-0.4, -0.2) is 15.3 Å². The highest BCUT2D eigenvalue weighted by atomic mass is 16.3. The van der Waals surface area contributed by atoms with Crippen molar-refractivity contribution in [2.24, 2.45) is 11.3 Å². The van der Waals surface area contributed by atoms with Gasteiger partial charge >= 0.3 is 0 Å². The van der Waals surface area contributed by atoms with Gasteiger partial charge in [-0.25, -0.2) is 0 Å². The van der Waals surface area contributed by atoms with E-state index in [1.54, 1.807) is 0 Å². The number of benzene rings is 3. The van der Waals surface area contributed by atoms with Crippen LogP contribution in [0, 0.1) is 18.3 Å². The molecule has 0 aliphatic heterocycles. The monoisotopic (exact) mass is 790 g/mol. The maximum Gasteiger partial charge on any atom is 0.123 e. The summed E-state index contributed by atoms with van der Waals surface area (Å²) in [6.45, 7) is 51.5. The number of hydrogen-bond donors (Lipinski definition) is 3. The van der Waals surface area contributed by atoms with Crippen LogP contribution < -0.4 is 0 Å². The van der Waals surface area contributed by atoms with Crippen LogP contribution in [0.4, 0.5) is 0 Å². The number of phenolic OH excluding ortho intramolecular Hbond substituents is 3. The molecule has 1 radical (unpaired) electrons. The zero-order valence-corrected chi connectivity index (χ0v) is 40.7. The maximum atomic E-state index is 11.7. The standard InChI is InChI=1S/C55H81O3/c1-32-38(23-35-25-40(49(4,5)6)46(56)41(26-35)50(7,8)9)33(2)55(22,31-37-29-44(53(16,17)18)48(58)45(30-37)54(19,20)21)34(3)39(32)24-36-27-42(51(10,11)12)47(57)43(28-36)52(13,14)15/h25-30,33,56-58H,22-24,31H2,1-21H3. The Morgan fingerprint density at radius 2 is 0.724 bits per heavy atom. The molecule has 3 aromatic carbocycles. The molecule has 0 saturated carbocycles. The molecule has 0 spiro atoms. The molecule has 3 nitrogen and oxygen atoms in total. The van der Waals surface area contributed by atoms with Crippen LogP contribution >= 0.6 is 0 Å². The Labute approximate surface area is 355 Å². The van der Waals surface area contributed by atoms with E-state index < -0.39 is 5.41 Å². The van der Waals surface area contributed by atoms with Gasteiger partial charge in [-0.2, -0.15) is 0 Å². The Bertz CT molecular complexity index is 2000. The Morgan fingerprint density at radius 1 is 0.466 bits per heavy atom. The van der Waals surface area contributed by atoms with Gasteiger partial charge in [0.25, 0.3) is 0 Å². The Hall–Kier alpha value is -3.46. The van der Waals surface area contributed by atoms with Crippen LogP contribution in [0.2, 0.25) is 0 Å². The third-order valence-corrected chi connectivity index (χ3v) is 13.1. The van der Waals surface area contributed by atoms with Gasteiger partial charge in [-0.15, -0.1) is 0 Å². The van der Waals surface area contributed by atoms with E-state index in [9.17, 15) is 15.3 Å². The highest BCUT2D eigenvalue weighted by Gasteiger charge is 2.42. The lowest BCUT2D eigenvalue weighted by molar-refractivity contribution is 0.317. The molecule has 2 unspecified atom stereocenters. The van der Waals surface area contributed by atoms with Crippen molar-refractivity contribution in [1.82, 2.24) is 0 Å². The van der Waals surface area contributed by atoms with Gasteiger partial charge in [0.1, 0.15) is 17.2 Å². The zero-order chi connectivity index (χ0) is 44.7. The lowest BCUT2D eigenvalue weighted by Crippen LogP contribution is -2.36. The fraction of sp³-hybridized carbons (Fsp3) is 0.582. The summed E-state index contributed by atoms with van der Waals surface area (Å²) < 4.78 is 0. The van der Waals surface area contributed by atoms with Gasteiger partial charge in [0, 0.05) is 5.41 Å². The molecule has 58 heavy (non-hydrogen) atoms. The maximum absolute atomic E-state index is 11.7. The van der Waals surface area contributed by atoms with Crippen LogP contribution in [0.15, 0.2) is 58.7 Å². The van der Waals surface area contributed by atoms with E-state index in [0.29, 0.717) is 17.2 Å².